The third kappa shape index (κ3) is 4.54. The molecule has 0 saturated heterocycles. The highest BCUT2D eigenvalue weighted by molar-refractivity contribution is 7.84. The zero-order valence-electron chi connectivity index (χ0n) is 11.1. The molecular formula is C11H16F3N3OS. The summed E-state index contributed by atoms with van der Waals surface area (Å²) in [6.07, 6.45) is -2.37. The number of halogens is 3. The van der Waals surface area contributed by atoms with Crippen LogP contribution in [0.2, 0.25) is 0 Å². The SMILES string of the molecule is C[C@H](NS(=O)C(C)(C)C)c1cnc(C(F)(F)F)nc1. The van der Waals surface area contributed by atoms with E-state index in [0.717, 1.165) is 12.4 Å². The summed E-state index contributed by atoms with van der Waals surface area (Å²) in [4.78, 5) is 6.53. The first-order valence-corrected chi connectivity index (χ1v) is 6.74. The lowest BCUT2D eigenvalue weighted by Gasteiger charge is -2.21. The molecule has 108 valence electrons. The lowest BCUT2D eigenvalue weighted by Crippen LogP contribution is -2.34. The van der Waals surface area contributed by atoms with Gasteiger partial charge in [-0.3, -0.25) is 0 Å². The zero-order chi connectivity index (χ0) is 14.8. The lowest BCUT2D eigenvalue weighted by atomic mass is 10.2. The molecule has 1 N–H and O–H groups in total. The second-order valence-corrected chi connectivity index (χ2v) is 7.06. The highest BCUT2D eigenvalue weighted by Gasteiger charge is 2.34. The molecule has 0 aliphatic rings. The van der Waals surface area contributed by atoms with E-state index in [2.05, 4.69) is 14.7 Å². The maximum Gasteiger partial charge on any atom is 0.451 e. The van der Waals surface area contributed by atoms with E-state index >= 15 is 0 Å². The van der Waals surface area contributed by atoms with Crippen LogP contribution in [0.3, 0.4) is 0 Å². The third-order valence-electron chi connectivity index (χ3n) is 2.27. The van der Waals surface area contributed by atoms with Gasteiger partial charge in [0.2, 0.25) is 5.82 Å². The summed E-state index contributed by atoms with van der Waals surface area (Å²) in [5, 5.41) is 0. The molecule has 8 heteroatoms. The quantitative estimate of drug-likeness (QED) is 0.932. The molecule has 1 unspecified atom stereocenters. The fourth-order valence-electron chi connectivity index (χ4n) is 1.11. The van der Waals surface area contributed by atoms with Crippen molar-refractivity contribution in [3.8, 4) is 0 Å². The van der Waals surface area contributed by atoms with Gasteiger partial charge in [0.05, 0.1) is 15.7 Å². The van der Waals surface area contributed by atoms with Gasteiger partial charge >= 0.3 is 6.18 Å². The smallest absolute Gasteiger partial charge is 0.242 e. The lowest BCUT2D eigenvalue weighted by molar-refractivity contribution is -0.145. The predicted molar refractivity (Wildman–Crippen MR) is 66.5 cm³/mol. The monoisotopic (exact) mass is 295 g/mol. The summed E-state index contributed by atoms with van der Waals surface area (Å²) in [5.41, 5.74) is 0.450. The van der Waals surface area contributed by atoms with Crippen LogP contribution in [0.15, 0.2) is 12.4 Å². The molecule has 4 nitrogen and oxygen atoms in total. The largest absolute Gasteiger partial charge is 0.451 e. The van der Waals surface area contributed by atoms with Gasteiger partial charge < -0.3 is 0 Å². The Morgan fingerprint density at radius 1 is 1.21 bits per heavy atom. The molecule has 2 atom stereocenters. The van der Waals surface area contributed by atoms with Gasteiger partial charge in [0.15, 0.2) is 0 Å². The highest BCUT2D eigenvalue weighted by atomic mass is 32.2. The van der Waals surface area contributed by atoms with Gasteiger partial charge in [-0.25, -0.2) is 18.9 Å². The standard InChI is InChI=1S/C11H16F3N3OS/c1-7(17-19(18)10(2,3)4)8-5-15-9(16-6-8)11(12,13)14/h5-7,17H,1-4H3/t7-,19?/m0/s1. The highest BCUT2D eigenvalue weighted by Crippen LogP contribution is 2.26. The number of hydrogen-bond donors (Lipinski definition) is 1. The van der Waals surface area contributed by atoms with Crippen LogP contribution in [-0.2, 0) is 17.2 Å². The van der Waals surface area contributed by atoms with Crippen LogP contribution in [0, 0.1) is 0 Å². The minimum Gasteiger partial charge on any atom is -0.242 e. The summed E-state index contributed by atoms with van der Waals surface area (Å²) >= 11 is 0. The van der Waals surface area contributed by atoms with E-state index in [4.69, 9.17) is 0 Å². The molecule has 0 spiro atoms. The molecule has 0 aliphatic heterocycles. The van der Waals surface area contributed by atoms with Crippen molar-refractivity contribution >= 4 is 11.0 Å². The van der Waals surface area contributed by atoms with E-state index < -0.39 is 33.8 Å². The minimum absolute atomic E-state index is 0.401. The van der Waals surface area contributed by atoms with Crippen LogP contribution in [-0.4, -0.2) is 18.9 Å². The van der Waals surface area contributed by atoms with Crippen LogP contribution in [0.1, 0.15) is 45.1 Å². The Morgan fingerprint density at radius 2 is 1.68 bits per heavy atom. The zero-order valence-corrected chi connectivity index (χ0v) is 11.9. The number of hydrogen-bond acceptors (Lipinski definition) is 3. The Morgan fingerprint density at radius 3 is 2.05 bits per heavy atom. The van der Waals surface area contributed by atoms with Gasteiger partial charge in [0.1, 0.15) is 0 Å². The fraction of sp³-hybridized carbons (Fsp3) is 0.636. The first-order chi connectivity index (χ1) is 8.51. The van der Waals surface area contributed by atoms with Crippen LogP contribution >= 0.6 is 0 Å². The Hall–Kier alpha value is -1.02. The van der Waals surface area contributed by atoms with Gasteiger partial charge in [0, 0.05) is 24.0 Å². The van der Waals surface area contributed by atoms with Gasteiger partial charge in [-0.15, -0.1) is 0 Å². The van der Waals surface area contributed by atoms with Crippen molar-refractivity contribution in [2.45, 2.75) is 44.7 Å². The molecule has 0 radical (unpaired) electrons. The first kappa shape index (κ1) is 16.0. The number of rotatable bonds is 3. The molecule has 1 aromatic heterocycles. The van der Waals surface area contributed by atoms with Gasteiger partial charge in [-0.05, 0) is 27.7 Å². The molecule has 0 aromatic carbocycles. The van der Waals surface area contributed by atoms with Crippen molar-refractivity contribution < 1.29 is 17.4 Å². The predicted octanol–water partition coefficient (Wildman–Crippen LogP) is 2.61. The van der Waals surface area contributed by atoms with Gasteiger partial charge in [0.25, 0.3) is 0 Å². The fourth-order valence-corrected chi connectivity index (χ4v) is 1.92. The van der Waals surface area contributed by atoms with E-state index in [1.807, 2.05) is 0 Å². The van der Waals surface area contributed by atoms with Crippen molar-refractivity contribution in [2.24, 2.45) is 0 Å². The molecule has 0 saturated carbocycles. The molecule has 0 fully saturated rings. The normalized spacial score (nSPS) is 16.2. The van der Waals surface area contributed by atoms with E-state index in [1.54, 1.807) is 27.7 Å². The summed E-state index contributed by atoms with van der Waals surface area (Å²) in [7, 11) is -1.32. The average molecular weight is 295 g/mol. The molecular weight excluding hydrogens is 279 g/mol. The topological polar surface area (TPSA) is 54.9 Å². The van der Waals surface area contributed by atoms with E-state index in [0.29, 0.717) is 5.56 Å². The molecule has 1 rings (SSSR count). The second-order valence-electron chi connectivity index (χ2n) is 5.06. The van der Waals surface area contributed by atoms with Gasteiger partial charge in [-0.1, -0.05) is 0 Å². The van der Waals surface area contributed by atoms with E-state index in [9.17, 15) is 17.4 Å². The number of nitrogens with one attached hydrogen (secondary N) is 1. The number of aromatic nitrogens is 2. The Bertz CT molecular complexity index is 454. The van der Waals surface area contributed by atoms with E-state index in [-0.39, 0.29) is 0 Å². The van der Waals surface area contributed by atoms with Crippen molar-refractivity contribution in [1.82, 2.24) is 14.7 Å². The van der Waals surface area contributed by atoms with Crippen LogP contribution < -0.4 is 4.72 Å². The molecule has 0 aliphatic carbocycles. The first-order valence-electron chi connectivity index (χ1n) is 5.59. The van der Waals surface area contributed by atoms with Crippen LogP contribution in [0.5, 0.6) is 0 Å². The van der Waals surface area contributed by atoms with Crippen molar-refractivity contribution in [3.63, 3.8) is 0 Å². The summed E-state index contributed by atoms with van der Waals surface area (Å²) in [5.74, 6) is -1.18. The minimum atomic E-state index is -4.55. The maximum absolute atomic E-state index is 12.3. The Labute approximate surface area is 112 Å². The second kappa shape index (κ2) is 5.54. The third-order valence-corrected chi connectivity index (χ3v) is 3.95. The van der Waals surface area contributed by atoms with Crippen molar-refractivity contribution in [1.29, 1.82) is 0 Å². The maximum atomic E-state index is 12.3. The summed E-state index contributed by atoms with van der Waals surface area (Å²) in [6.45, 7) is 7.08. The van der Waals surface area contributed by atoms with Crippen LogP contribution in [0.25, 0.3) is 0 Å². The molecule has 19 heavy (non-hydrogen) atoms. The number of alkyl halides is 3. The molecule has 1 heterocycles. The van der Waals surface area contributed by atoms with Crippen LogP contribution in [0.4, 0.5) is 13.2 Å². The molecule has 0 amide bonds. The van der Waals surface area contributed by atoms with Crippen molar-refractivity contribution in [2.75, 3.05) is 0 Å². The number of nitrogens with zero attached hydrogens (tertiary/aromatic N) is 2. The van der Waals surface area contributed by atoms with Gasteiger partial charge in [-0.2, -0.15) is 13.2 Å². The summed E-state index contributed by atoms with van der Waals surface area (Å²) in [6, 6.07) is -0.401. The molecule has 0 bridgehead atoms. The molecule has 1 aromatic rings. The summed E-state index contributed by atoms with van der Waals surface area (Å²) < 4.78 is 51.1. The average Bonchev–Trinajstić information content (AvgIpc) is 2.26. The Balaban J connectivity index is 2.79. The van der Waals surface area contributed by atoms with E-state index in [1.165, 1.54) is 0 Å². The Kier molecular flexibility index (Phi) is 4.67. The van der Waals surface area contributed by atoms with Crippen molar-refractivity contribution in [3.05, 3.63) is 23.8 Å².